The Labute approximate surface area is 98.2 Å². The van der Waals surface area contributed by atoms with Crippen molar-refractivity contribution in [2.24, 2.45) is 0 Å². The van der Waals surface area contributed by atoms with Gasteiger partial charge in [-0.25, -0.2) is 4.39 Å². The molecule has 3 nitrogen and oxygen atoms in total. The summed E-state index contributed by atoms with van der Waals surface area (Å²) in [6, 6.07) is 3.69. The van der Waals surface area contributed by atoms with Crippen LogP contribution < -0.4 is 5.32 Å². The molecule has 0 fully saturated rings. The summed E-state index contributed by atoms with van der Waals surface area (Å²) in [6.07, 6.45) is 0.592. The molecule has 1 unspecified atom stereocenters. The third-order valence-electron chi connectivity index (χ3n) is 2.24. The number of benzene rings is 1. The highest BCUT2D eigenvalue weighted by molar-refractivity contribution is 6.34. The third-order valence-corrected chi connectivity index (χ3v) is 2.63. The van der Waals surface area contributed by atoms with Crippen LogP contribution in [0.4, 0.5) is 4.39 Å². The molecule has 1 rings (SSSR count). The predicted molar refractivity (Wildman–Crippen MR) is 60.0 cm³/mol. The lowest BCUT2D eigenvalue weighted by Gasteiger charge is -2.14. The van der Waals surface area contributed by atoms with Crippen LogP contribution in [-0.4, -0.2) is 23.7 Å². The van der Waals surface area contributed by atoms with Crippen molar-refractivity contribution >= 4 is 17.5 Å². The van der Waals surface area contributed by atoms with E-state index in [-0.39, 0.29) is 23.2 Å². The number of aliphatic hydroxyl groups excluding tert-OH is 1. The standard InChI is InChI=1S/C11H13ClFNO2/c1-2-7(6-15)14-11(16)8-4-3-5-9(13)10(8)12/h3-5,7,15H,2,6H2,1H3,(H,14,16). The van der Waals surface area contributed by atoms with Gasteiger partial charge in [0.05, 0.1) is 23.2 Å². The highest BCUT2D eigenvalue weighted by atomic mass is 35.5. The zero-order valence-electron chi connectivity index (χ0n) is 8.84. The number of halogens is 2. The largest absolute Gasteiger partial charge is 0.394 e. The molecule has 0 aliphatic rings. The number of hydrogen-bond acceptors (Lipinski definition) is 2. The average Bonchev–Trinajstić information content (AvgIpc) is 2.29. The first kappa shape index (κ1) is 12.9. The minimum atomic E-state index is -0.633. The molecular formula is C11H13ClFNO2. The Morgan fingerprint density at radius 3 is 2.88 bits per heavy atom. The van der Waals surface area contributed by atoms with Crippen LogP contribution in [0.1, 0.15) is 23.7 Å². The van der Waals surface area contributed by atoms with Crippen LogP contribution >= 0.6 is 11.6 Å². The van der Waals surface area contributed by atoms with Gasteiger partial charge < -0.3 is 10.4 Å². The number of aliphatic hydroxyl groups is 1. The Bertz CT molecular complexity index is 380. The van der Waals surface area contributed by atoms with Crippen molar-refractivity contribution in [1.82, 2.24) is 5.32 Å². The summed E-state index contributed by atoms with van der Waals surface area (Å²) in [6.45, 7) is 1.67. The average molecular weight is 246 g/mol. The molecule has 0 bridgehead atoms. The van der Waals surface area contributed by atoms with Gasteiger partial charge in [0.1, 0.15) is 5.82 Å². The maximum absolute atomic E-state index is 13.1. The smallest absolute Gasteiger partial charge is 0.253 e. The summed E-state index contributed by atoms with van der Waals surface area (Å²) in [5.74, 6) is -1.11. The molecule has 5 heteroatoms. The summed E-state index contributed by atoms with van der Waals surface area (Å²) in [5.41, 5.74) is 0.0774. The minimum Gasteiger partial charge on any atom is -0.394 e. The fourth-order valence-electron chi connectivity index (χ4n) is 1.22. The second-order valence-corrected chi connectivity index (χ2v) is 3.74. The van der Waals surface area contributed by atoms with Crippen molar-refractivity contribution in [1.29, 1.82) is 0 Å². The number of carbonyl (C=O) groups excluding carboxylic acids is 1. The van der Waals surface area contributed by atoms with Crippen LogP contribution in [0, 0.1) is 5.82 Å². The van der Waals surface area contributed by atoms with Crippen LogP contribution in [0.15, 0.2) is 18.2 Å². The minimum absolute atomic E-state index is 0.0774. The first-order chi connectivity index (χ1) is 7.60. The number of amides is 1. The van der Waals surface area contributed by atoms with E-state index in [0.717, 1.165) is 0 Å². The number of hydrogen-bond donors (Lipinski definition) is 2. The maximum Gasteiger partial charge on any atom is 0.253 e. The summed E-state index contributed by atoms with van der Waals surface area (Å²) in [7, 11) is 0. The number of carbonyl (C=O) groups is 1. The molecule has 1 atom stereocenters. The Hall–Kier alpha value is -1.13. The van der Waals surface area contributed by atoms with Gasteiger partial charge in [-0.1, -0.05) is 24.6 Å². The van der Waals surface area contributed by atoms with Gasteiger partial charge in [0.15, 0.2) is 0 Å². The fourth-order valence-corrected chi connectivity index (χ4v) is 1.43. The van der Waals surface area contributed by atoms with E-state index in [1.807, 2.05) is 6.92 Å². The van der Waals surface area contributed by atoms with E-state index in [1.165, 1.54) is 18.2 Å². The van der Waals surface area contributed by atoms with Gasteiger partial charge >= 0.3 is 0 Å². The van der Waals surface area contributed by atoms with Gasteiger partial charge in [0.25, 0.3) is 5.91 Å². The van der Waals surface area contributed by atoms with Gasteiger partial charge in [-0.2, -0.15) is 0 Å². The molecule has 0 saturated carbocycles. The van der Waals surface area contributed by atoms with Gasteiger partial charge in [0.2, 0.25) is 0 Å². The molecule has 0 heterocycles. The molecule has 0 aromatic heterocycles. The fraction of sp³-hybridized carbons (Fsp3) is 0.364. The molecule has 16 heavy (non-hydrogen) atoms. The summed E-state index contributed by atoms with van der Waals surface area (Å²) in [4.78, 5) is 11.7. The van der Waals surface area contributed by atoms with Crippen molar-refractivity contribution < 1.29 is 14.3 Å². The molecule has 0 aliphatic carbocycles. The SMILES string of the molecule is CCC(CO)NC(=O)c1cccc(F)c1Cl. The maximum atomic E-state index is 13.1. The molecule has 0 saturated heterocycles. The third kappa shape index (κ3) is 2.93. The second kappa shape index (κ2) is 5.82. The topological polar surface area (TPSA) is 49.3 Å². The lowest BCUT2D eigenvalue weighted by Crippen LogP contribution is -2.37. The van der Waals surface area contributed by atoms with E-state index in [0.29, 0.717) is 6.42 Å². The summed E-state index contributed by atoms with van der Waals surface area (Å²) >= 11 is 5.66. The summed E-state index contributed by atoms with van der Waals surface area (Å²) < 4.78 is 13.1. The van der Waals surface area contributed by atoms with Gasteiger partial charge in [-0.15, -0.1) is 0 Å². The molecule has 2 N–H and O–H groups in total. The van der Waals surface area contributed by atoms with Crippen molar-refractivity contribution in [3.8, 4) is 0 Å². The molecule has 0 aliphatic heterocycles. The van der Waals surface area contributed by atoms with Crippen LogP contribution in [0.25, 0.3) is 0 Å². The Morgan fingerprint density at radius 1 is 1.62 bits per heavy atom. The highest BCUT2D eigenvalue weighted by Crippen LogP contribution is 2.19. The molecule has 0 radical (unpaired) electrons. The monoisotopic (exact) mass is 245 g/mol. The van der Waals surface area contributed by atoms with E-state index in [2.05, 4.69) is 5.32 Å². The van der Waals surface area contributed by atoms with E-state index in [1.54, 1.807) is 0 Å². The van der Waals surface area contributed by atoms with Gasteiger partial charge in [-0.05, 0) is 18.6 Å². The zero-order chi connectivity index (χ0) is 12.1. The van der Waals surface area contributed by atoms with Crippen molar-refractivity contribution in [2.75, 3.05) is 6.61 Å². The first-order valence-corrected chi connectivity index (χ1v) is 5.33. The van der Waals surface area contributed by atoms with Crippen molar-refractivity contribution in [3.63, 3.8) is 0 Å². The van der Waals surface area contributed by atoms with E-state index in [9.17, 15) is 9.18 Å². The van der Waals surface area contributed by atoms with Crippen LogP contribution in [-0.2, 0) is 0 Å². The normalized spacial score (nSPS) is 12.2. The van der Waals surface area contributed by atoms with Gasteiger partial charge in [-0.3, -0.25) is 4.79 Å². The van der Waals surface area contributed by atoms with Crippen LogP contribution in [0.5, 0.6) is 0 Å². The quantitative estimate of drug-likeness (QED) is 0.852. The lowest BCUT2D eigenvalue weighted by atomic mass is 10.1. The number of rotatable bonds is 4. The van der Waals surface area contributed by atoms with Gasteiger partial charge in [0, 0.05) is 0 Å². The zero-order valence-corrected chi connectivity index (χ0v) is 9.59. The van der Waals surface area contributed by atoms with E-state index >= 15 is 0 Å². The molecular weight excluding hydrogens is 233 g/mol. The first-order valence-electron chi connectivity index (χ1n) is 4.95. The predicted octanol–water partition coefficient (Wildman–Crippen LogP) is 1.98. The van der Waals surface area contributed by atoms with Crippen molar-refractivity contribution in [2.45, 2.75) is 19.4 Å². The Kier molecular flexibility index (Phi) is 4.71. The molecule has 1 aromatic carbocycles. The molecule has 88 valence electrons. The molecule has 1 aromatic rings. The van der Waals surface area contributed by atoms with Crippen molar-refractivity contribution in [3.05, 3.63) is 34.6 Å². The molecule has 0 spiro atoms. The number of nitrogens with one attached hydrogen (secondary N) is 1. The lowest BCUT2D eigenvalue weighted by molar-refractivity contribution is 0.0914. The van der Waals surface area contributed by atoms with Crippen LogP contribution in [0.3, 0.4) is 0 Å². The van der Waals surface area contributed by atoms with E-state index in [4.69, 9.17) is 16.7 Å². The summed E-state index contributed by atoms with van der Waals surface area (Å²) in [5, 5.41) is 11.3. The van der Waals surface area contributed by atoms with Crippen LogP contribution in [0.2, 0.25) is 5.02 Å². The van der Waals surface area contributed by atoms with E-state index < -0.39 is 11.7 Å². The Morgan fingerprint density at radius 2 is 2.31 bits per heavy atom. The second-order valence-electron chi connectivity index (χ2n) is 3.36. The highest BCUT2D eigenvalue weighted by Gasteiger charge is 2.15. The molecule has 1 amide bonds. The Balaban J connectivity index is 2.84.